The lowest BCUT2D eigenvalue weighted by molar-refractivity contribution is -0.907. The predicted octanol–water partition coefficient (Wildman–Crippen LogP) is 1.75. The van der Waals surface area contributed by atoms with E-state index >= 15 is 0 Å². The molecule has 0 fully saturated rings. The van der Waals surface area contributed by atoms with Crippen LogP contribution < -0.4 is 19.7 Å². The summed E-state index contributed by atoms with van der Waals surface area (Å²) in [6.45, 7) is 2.72. The van der Waals surface area contributed by atoms with Crippen LogP contribution in [0.15, 0.2) is 48.5 Å². The van der Waals surface area contributed by atoms with Crippen molar-refractivity contribution < 1.29 is 19.2 Å². The third-order valence-electron chi connectivity index (χ3n) is 4.11. The summed E-state index contributed by atoms with van der Waals surface area (Å²) in [5, 5.41) is 2.94. The van der Waals surface area contributed by atoms with E-state index in [1.807, 2.05) is 32.2 Å². The fourth-order valence-corrected chi connectivity index (χ4v) is 2.46. The molecule has 5 nitrogen and oxygen atoms in total. The molecule has 2 aromatic rings. The van der Waals surface area contributed by atoms with Crippen LogP contribution in [0.5, 0.6) is 11.5 Å². The first-order chi connectivity index (χ1) is 11.5. The van der Waals surface area contributed by atoms with Crippen LogP contribution in [0.3, 0.4) is 0 Å². The van der Waals surface area contributed by atoms with Crippen LogP contribution in [0.25, 0.3) is 0 Å². The molecule has 2 rings (SSSR count). The maximum Gasteiger partial charge on any atom is 0.282 e. The summed E-state index contributed by atoms with van der Waals surface area (Å²) >= 11 is 0. The molecule has 0 aromatic heterocycles. The minimum Gasteiger partial charge on any atom is -0.493 e. The standard InChI is InChI=1S/C19H24N2O3/c1-14(21(2)13-15-8-6-5-7-9-15)19(22)20-16-10-11-17(23-3)18(12-16)24-4/h5-12,14H,13H2,1-4H3,(H,20,22)/p+1/t14-/m0/s1. The number of likely N-dealkylation sites (N-methyl/N-ethyl adjacent to an activating group) is 1. The molecule has 24 heavy (non-hydrogen) atoms. The smallest absolute Gasteiger partial charge is 0.282 e. The molecule has 0 bridgehead atoms. The first kappa shape index (κ1) is 17.8. The zero-order valence-electron chi connectivity index (χ0n) is 14.6. The number of rotatable bonds is 7. The van der Waals surface area contributed by atoms with E-state index in [2.05, 4.69) is 17.4 Å². The van der Waals surface area contributed by atoms with E-state index in [4.69, 9.17) is 9.47 Å². The van der Waals surface area contributed by atoms with Gasteiger partial charge in [0.15, 0.2) is 17.5 Å². The van der Waals surface area contributed by atoms with Crippen LogP contribution in [-0.2, 0) is 11.3 Å². The van der Waals surface area contributed by atoms with Gasteiger partial charge in [0.1, 0.15) is 6.54 Å². The Morgan fingerprint density at radius 1 is 1.08 bits per heavy atom. The quantitative estimate of drug-likeness (QED) is 0.814. The molecule has 1 unspecified atom stereocenters. The number of hydrogen-bond donors (Lipinski definition) is 2. The van der Waals surface area contributed by atoms with Crippen molar-refractivity contribution in [1.29, 1.82) is 0 Å². The van der Waals surface area contributed by atoms with Crippen molar-refractivity contribution in [3.05, 3.63) is 54.1 Å². The third kappa shape index (κ3) is 4.49. The van der Waals surface area contributed by atoms with Crippen LogP contribution in [0.4, 0.5) is 5.69 Å². The molecule has 0 aliphatic carbocycles. The number of hydrogen-bond acceptors (Lipinski definition) is 3. The monoisotopic (exact) mass is 329 g/mol. The number of amides is 1. The van der Waals surface area contributed by atoms with Crippen LogP contribution >= 0.6 is 0 Å². The lowest BCUT2D eigenvalue weighted by atomic mass is 10.2. The lowest BCUT2D eigenvalue weighted by Crippen LogP contribution is -3.12. The van der Waals surface area contributed by atoms with Gasteiger partial charge in [0.25, 0.3) is 5.91 Å². The van der Waals surface area contributed by atoms with E-state index in [9.17, 15) is 4.79 Å². The number of carbonyl (C=O) groups excluding carboxylic acids is 1. The van der Waals surface area contributed by atoms with Gasteiger partial charge in [0.05, 0.1) is 21.3 Å². The Bertz CT molecular complexity index is 674. The highest BCUT2D eigenvalue weighted by Gasteiger charge is 2.22. The Balaban J connectivity index is 2.00. The second-order valence-corrected chi connectivity index (χ2v) is 5.79. The van der Waals surface area contributed by atoms with E-state index in [1.165, 1.54) is 5.56 Å². The summed E-state index contributed by atoms with van der Waals surface area (Å²) < 4.78 is 10.5. The molecular weight excluding hydrogens is 304 g/mol. The predicted molar refractivity (Wildman–Crippen MR) is 94.7 cm³/mol. The molecule has 0 radical (unpaired) electrons. The second-order valence-electron chi connectivity index (χ2n) is 5.79. The van der Waals surface area contributed by atoms with Gasteiger partial charge in [-0.25, -0.2) is 0 Å². The average molecular weight is 329 g/mol. The van der Waals surface area contributed by atoms with Gasteiger partial charge in [-0.05, 0) is 19.1 Å². The molecule has 5 heteroatoms. The van der Waals surface area contributed by atoms with E-state index < -0.39 is 0 Å². The minimum absolute atomic E-state index is 0.0318. The number of quaternary nitrogens is 1. The van der Waals surface area contributed by atoms with Crippen molar-refractivity contribution in [2.75, 3.05) is 26.6 Å². The SMILES string of the molecule is COc1ccc(NC(=O)[C@H](C)[NH+](C)Cc2ccccc2)cc1OC. The van der Waals surface area contributed by atoms with E-state index in [-0.39, 0.29) is 11.9 Å². The van der Waals surface area contributed by atoms with Crippen molar-refractivity contribution in [2.45, 2.75) is 19.5 Å². The zero-order chi connectivity index (χ0) is 17.5. The summed E-state index contributed by atoms with van der Waals surface area (Å²) in [7, 11) is 5.18. The van der Waals surface area contributed by atoms with Crippen molar-refractivity contribution in [1.82, 2.24) is 0 Å². The molecule has 2 atom stereocenters. The summed E-state index contributed by atoms with van der Waals surface area (Å²) in [5.74, 6) is 1.19. The van der Waals surface area contributed by atoms with Gasteiger partial charge in [0, 0.05) is 17.3 Å². The summed E-state index contributed by atoms with van der Waals surface area (Å²) in [5.41, 5.74) is 1.90. The number of anilines is 1. The van der Waals surface area contributed by atoms with Crippen molar-refractivity contribution in [3.63, 3.8) is 0 Å². The highest BCUT2D eigenvalue weighted by atomic mass is 16.5. The maximum absolute atomic E-state index is 12.5. The molecule has 0 heterocycles. The van der Waals surface area contributed by atoms with Crippen molar-refractivity contribution >= 4 is 11.6 Å². The largest absolute Gasteiger partial charge is 0.493 e. The third-order valence-corrected chi connectivity index (χ3v) is 4.11. The van der Waals surface area contributed by atoms with Gasteiger partial charge < -0.3 is 19.7 Å². The maximum atomic E-state index is 12.5. The van der Waals surface area contributed by atoms with E-state index in [1.54, 1.807) is 32.4 Å². The van der Waals surface area contributed by atoms with Crippen molar-refractivity contribution in [2.24, 2.45) is 0 Å². The molecule has 128 valence electrons. The zero-order valence-corrected chi connectivity index (χ0v) is 14.6. The minimum atomic E-state index is -0.182. The van der Waals surface area contributed by atoms with Gasteiger partial charge in [0.2, 0.25) is 0 Å². The Labute approximate surface area is 143 Å². The molecular formula is C19H25N2O3+. The van der Waals surface area contributed by atoms with E-state index in [0.717, 1.165) is 11.4 Å². The number of nitrogens with one attached hydrogen (secondary N) is 2. The normalized spacial score (nSPS) is 13.0. The van der Waals surface area contributed by atoms with Gasteiger partial charge in [-0.2, -0.15) is 0 Å². The fourth-order valence-electron chi connectivity index (χ4n) is 2.46. The number of benzene rings is 2. The molecule has 2 N–H and O–H groups in total. The number of ether oxygens (including phenoxy) is 2. The van der Waals surface area contributed by atoms with Gasteiger partial charge in [-0.15, -0.1) is 0 Å². The van der Waals surface area contributed by atoms with Crippen LogP contribution in [-0.4, -0.2) is 33.2 Å². The first-order valence-electron chi connectivity index (χ1n) is 7.94. The Morgan fingerprint density at radius 3 is 2.38 bits per heavy atom. The van der Waals surface area contributed by atoms with Crippen LogP contribution in [0.2, 0.25) is 0 Å². The lowest BCUT2D eigenvalue weighted by Gasteiger charge is -2.21. The van der Waals surface area contributed by atoms with Gasteiger partial charge in [-0.1, -0.05) is 30.3 Å². The average Bonchev–Trinajstić information content (AvgIpc) is 2.61. The molecule has 1 amide bonds. The molecule has 0 aliphatic heterocycles. The summed E-state index contributed by atoms with van der Waals surface area (Å²) in [6.07, 6.45) is 0. The van der Waals surface area contributed by atoms with E-state index in [0.29, 0.717) is 17.2 Å². The molecule has 2 aromatic carbocycles. The first-order valence-corrected chi connectivity index (χ1v) is 7.94. The Morgan fingerprint density at radius 2 is 1.75 bits per heavy atom. The fraction of sp³-hybridized carbons (Fsp3) is 0.316. The molecule has 0 saturated carbocycles. The summed E-state index contributed by atoms with van der Waals surface area (Å²) in [6, 6.07) is 15.3. The Kier molecular flexibility index (Phi) is 6.21. The van der Waals surface area contributed by atoms with Crippen molar-refractivity contribution in [3.8, 4) is 11.5 Å². The highest BCUT2D eigenvalue weighted by molar-refractivity contribution is 5.93. The second kappa shape index (κ2) is 8.36. The number of carbonyl (C=O) groups is 1. The van der Waals surface area contributed by atoms with Crippen LogP contribution in [0.1, 0.15) is 12.5 Å². The molecule has 0 spiro atoms. The Hall–Kier alpha value is -2.53. The molecule has 0 saturated heterocycles. The number of methoxy groups -OCH3 is 2. The van der Waals surface area contributed by atoms with Gasteiger partial charge in [-0.3, -0.25) is 4.79 Å². The molecule has 0 aliphatic rings. The summed E-state index contributed by atoms with van der Waals surface area (Å²) in [4.78, 5) is 13.6. The van der Waals surface area contributed by atoms with Gasteiger partial charge >= 0.3 is 0 Å². The van der Waals surface area contributed by atoms with Crippen LogP contribution in [0, 0.1) is 0 Å². The highest BCUT2D eigenvalue weighted by Crippen LogP contribution is 2.29. The topological polar surface area (TPSA) is 52.0 Å².